The van der Waals surface area contributed by atoms with Gasteiger partial charge in [-0.2, -0.15) is 5.10 Å². The van der Waals surface area contributed by atoms with E-state index in [0.717, 1.165) is 22.0 Å². The summed E-state index contributed by atoms with van der Waals surface area (Å²) in [6.07, 6.45) is 4.97. The molecule has 0 bridgehead atoms. The minimum absolute atomic E-state index is 0.178. The molecule has 0 aliphatic heterocycles. The SMILES string of the molecule is COc1ccc2c(c1)[nH]c1c(=O)n(/N=C/[C@@H]3[C@H](C)CC(C)=C[C@@H]3C)c(=O)[nH]c12. The van der Waals surface area contributed by atoms with Crippen molar-refractivity contribution in [1.82, 2.24) is 14.6 Å². The topological polar surface area (TPSA) is 92.2 Å². The minimum Gasteiger partial charge on any atom is -0.497 e. The second kappa shape index (κ2) is 6.82. The standard InChI is InChI=1S/C21H24N4O3/c1-11-7-12(2)16(13(3)8-11)10-22-25-20(26)19-18(24-21(25)27)15-6-5-14(28-4)9-17(15)23-19/h5-7,9-10,12-13,16,23H,8H2,1-4H3,(H,24,27)/b22-10+/t12-,13+,16-/m0/s1. The van der Waals surface area contributed by atoms with Gasteiger partial charge in [0.25, 0.3) is 0 Å². The van der Waals surface area contributed by atoms with Crippen molar-refractivity contribution in [3.05, 3.63) is 50.7 Å². The number of methoxy groups -OCH3 is 1. The van der Waals surface area contributed by atoms with Gasteiger partial charge in [-0.25, -0.2) is 4.79 Å². The highest BCUT2D eigenvalue weighted by molar-refractivity contribution is 6.04. The molecule has 3 atom stereocenters. The highest BCUT2D eigenvalue weighted by atomic mass is 16.5. The summed E-state index contributed by atoms with van der Waals surface area (Å²) in [7, 11) is 1.58. The van der Waals surface area contributed by atoms with Gasteiger partial charge in [-0.3, -0.25) is 4.79 Å². The van der Waals surface area contributed by atoms with E-state index in [1.165, 1.54) is 5.57 Å². The van der Waals surface area contributed by atoms with Crippen molar-refractivity contribution in [2.24, 2.45) is 22.9 Å². The third-order valence-electron chi connectivity index (χ3n) is 5.65. The number of rotatable bonds is 3. The Hall–Kier alpha value is -3.09. The molecule has 28 heavy (non-hydrogen) atoms. The summed E-state index contributed by atoms with van der Waals surface area (Å²) < 4.78 is 6.13. The number of H-pyrrole nitrogens is 2. The first-order valence-corrected chi connectivity index (χ1v) is 9.45. The molecule has 0 radical (unpaired) electrons. The fourth-order valence-corrected chi connectivity index (χ4v) is 4.27. The van der Waals surface area contributed by atoms with Crippen molar-refractivity contribution < 1.29 is 4.74 Å². The van der Waals surface area contributed by atoms with Crippen molar-refractivity contribution in [3.8, 4) is 5.75 Å². The molecule has 4 rings (SSSR count). The van der Waals surface area contributed by atoms with Crippen LogP contribution in [0.5, 0.6) is 5.75 Å². The van der Waals surface area contributed by atoms with Crippen LogP contribution in [0.15, 0.2) is 44.5 Å². The molecule has 2 aromatic heterocycles. The third kappa shape index (κ3) is 2.96. The van der Waals surface area contributed by atoms with Crippen LogP contribution >= 0.6 is 0 Å². The maximum absolute atomic E-state index is 12.9. The maximum atomic E-state index is 12.9. The number of hydrogen-bond donors (Lipinski definition) is 2. The van der Waals surface area contributed by atoms with Crippen LogP contribution in [0.1, 0.15) is 27.2 Å². The molecule has 146 valence electrons. The highest BCUT2D eigenvalue weighted by Crippen LogP contribution is 2.32. The van der Waals surface area contributed by atoms with Crippen LogP contribution in [0.3, 0.4) is 0 Å². The van der Waals surface area contributed by atoms with E-state index in [4.69, 9.17) is 4.74 Å². The number of allylic oxidation sites excluding steroid dienone is 2. The zero-order valence-electron chi connectivity index (χ0n) is 16.4. The van der Waals surface area contributed by atoms with Crippen molar-refractivity contribution in [2.75, 3.05) is 7.11 Å². The Morgan fingerprint density at radius 3 is 2.71 bits per heavy atom. The van der Waals surface area contributed by atoms with Gasteiger partial charge < -0.3 is 14.7 Å². The first-order chi connectivity index (χ1) is 13.4. The smallest absolute Gasteiger partial charge is 0.350 e. The summed E-state index contributed by atoms with van der Waals surface area (Å²) in [5.41, 5.74) is 1.88. The summed E-state index contributed by atoms with van der Waals surface area (Å²) in [6, 6.07) is 5.40. The Balaban J connectivity index is 1.81. The van der Waals surface area contributed by atoms with Crippen LogP contribution in [-0.2, 0) is 0 Å². The van der Waals surface area contributed by atoms with Crippen LogP contribution in [0.2, 0.25) is 0 Å². The van der Waals surface area contributed by atoms with E-state index in [1.54, 1.807) is 25.5 Å². The summed E-state index contributed by atoms with van der Waals surface area (Å²) in [4.78, 5) is 31.3. The number of hydrogen-bond acceptors (Lipinski definition) is 4. The molecule has 0 unspecified atom stereocenters. The number of nitrogens with one attached hydrogen (secondary N) is 2. The van der Waals surface area contributed by atoms with E-state index in [1.807, 2.05) is 6.07 Å². The van der Waals surface area contributed by atoms with Gasteiger partial charge in [-0.1, -0.05) is 25.5 Å². The number of aromatic nitrogens is 3. The molecule has 0 saturated heterocycles. The van der Waals surface area contributed by atoms with E-state index in [0.29, 0.717) is 28.6 Å². The van der Waals surface area contributed by atoms with Crippen molar-refractivity contribution >= 4 is 28.2 Å². The Bertz CT molecular complexity index is 1230. The third-order valence-corrected chi connectivity index (χ3v) is 5.65. The maximum Gasteiger partial charge on any atom is 0.350 e. The number of ether oxygens (including phenoxy) is 1. The summed E-state index contributed by atoms with van der Waals surface area (Å²) >= 11 is 0. The van der Waals surface area contributed by atoms with Gasteiger partial charge in [0.1, 0.15) is 11.3 Å². The predicted octanol–water partition coefficient (Wildman–Crippen LogP) is 3.25. The summed E-state index contributed by atoms with van der Waals surface area (Å²) in [5.74, 6) is 1.57. The van der Waals surface area contributed by atoms with Gasteiger partial charge in [0.2, 0.25) is 0 Å². The van der Waals surface area contributed by atoms with Gasteiger partial charge >= 0.3 is 11.2 Å². The molecule has 3 aromatic rings. The number of nitrogens with zero attached hydrogens (tertiary/aromatic N) is 2. The Morgan fingerprint density at radius 1 is 1.21 bits per heavy atom. The van der Waals surface area contributed by atoms with Crippen LogP contribution in [0.4, 0.5) is 0 Å². The first-order valence-electron chi connectivity index (χ1n) is 9.45. The molecule has 0 saturated carbocycles. The predicted molar refractivity (Wildman–Crippen MR) is 111 cm³/mol. The molecule has 1 aromatic carbocycles. The lowest BCUT2D eigenvalue weighted by atomic mass is 9.76. The molecule has 0 fully saturated rings. The van der Waals surface area contributed by atoms with E-state index in [2.05, 4.69) is 41.9 Å². The number of aromatic amines is 2. The van der Waals surface area contributed by atoms with Crippen LogP contribution in [-0.4, -0.2) is 28.0 Å². The summed E-state index contributed by atoms with van der Waals surface area (Å²) in [5, 5.41) is 5.03. The molecular weight excluding hydrogens is 356 g/mol. The number of benzene rings is 1. The zero-order chi connectivity index (χ0) is 20.0. The lowest BCUT2D eigenvalue weighted by Crippen LogP contribution is -2.33. The second-order valence-electron chi connectivity index (χ2n) is 7.73. The molecule has 2 heterocycles. The van der Waals surface area contributed by atoms with E-state index < -0.39 is 11.2 Å². The van der Waals surface area contributed by atoms with Gasteiger partial charge in [0.05, 0.1) is 18.1 Å². The zero-order valence-corrected chi connectivity index (χ0v) is 16.4. The molecule has 0 amide bonds. The average Bonchev–Trinajstić information content (AvgIpc) is 3.01. The Labute approximate surface area is 161 Å². The highest BCUT2D eigenvalue weighted by Gasteiger charge is 2.25. The van der Waals surface area contributed by atoms with E-state index in [9.17, 15) is 9.59 Å². The van der Waals surface area contributed by atoms with E-state index >= 15 is 0 Å². The molecular formula is C21H24N4O3. The molecule has 2 N–H and O–H groups in total. The molecule has 7 nitrogen and oxygen atoms in total. The fourth-order valence-electron chi connectivity index (χ4n) is 4.27. The molecule has 1 aliphatic rings. The average molecular weight is 380 g/mol. The largest absolute Gasteiger partial charge is 0.497 e. The van der Waals surface area contributed by atoms with Gasteiger partial charge in [0.15, 0.2) is 0 Å². The monoisotopic (exact) mass is 380 g/mol. The first kappa shape index (κ1) is 18.3. The normalized spacial score (nSPS) is 22.9. The van der Waals surface area contributed by atoms with Crippen LogP contribution < -0.4 is 16.0 Å². The fraction of sp³-hybridized carbons (Fsp3) is 0.381. The van der Waals surface area contributed by atoms with Gasteiger partial charge in [-0.05, 0) is 37.3 Å². The Morgan fingerprint density at radius 2 is 2.00 bits per heavy atom. The lowest BCUT2D eigenvalue weighted by molar-refractivity contribution is 0.361. The van der Waals surface area contributed by atoms with Crippen molar-refractivity contribution in [2.45, 2.75) is 27.2 Å². The van der Waals surface area contributed by atoms with Crippen molar-refractivity contribution in [1.29, 1.82) is 0 Å². The van der Waals surface area contributed by atoms with Gasteiger partial charge in [-0.15, -0.1) is 4.68 Å². The molecule has 7 heteroatoms. The van der Waals surface area contributed by atoms with Crippen LogP contribution in [0, 0.1) is 17.8 Å². The minimum atomic E-state index is -0.548. The quantitative estimate of drug-likeness (QED) is 0.540. The van der Waals surface area contributed by atoms with Crippen LogP contribution in [0.25, 0.3) is 21.9 Å². The number of fused-ring (bicyclic) bond motifs is 3. The lowest BCUT2D eigenvalue weighted by Gasteiger charge is -2.29. The second-order valence-corrected chi connectivity index (χ2v) is 7.73. The van der Waals surface area contributed by atoms with E-state index in [-0.39, 0.29) is 5.92 Å². The Kier molecular flexibility index (Phi) is 4.45. The van der Waals surface area contributed by atoms with Gasteiger partial charge in [0, 0.05) is 23.6 Å². The summed E-state index contributed by atoms with van der Waals surface area (Å²) in [6.45, 7) is 6.44. The molecule has 1 aliphatic carbocycles. The molecule has 0 spiro atoms. The van der Waals surface area contributed by atoms with Crippen molar-refractivity contribution in [3.63, 3.8) is 0 Å².